The Bertz CT molecular complexity index is 1060. The molecule has 2 heterocycles. The molecular formula is C26H26Cl2S2. The maximum atomic E-state index is 6.94. The quantitative estimate of drug-likeness (QED) is 0.239. The van der Waals surface area contributed by atoms with Gasteiger partial charge in [0.25, 0.3) is 0 Å². The Morgan fingerprint density at radius 3 is 1.47 bits per heavy atom. The van der Waals surface area contributed by atoms with Crippen LogP contribution in [0, 0.1) is 0 Å². The molecule has 0 aliphatic rings. The summed E-state index contributed by atoms with van der Waals surface area (Å²) in [6, 6.07) is 13.1. The van der Waals surface area contributed by atoms with Crippen molar-refractivity contribution < 1.29 is 0 Å². The summed E-state index contributed by atoms with van der Waals surface area (Å²) < 4.78 is 0. The first kappa shape index (κ1) is 21.9. The van der Waals surface area contributed by atoms with E-state index in [1.54, 1.807) is 22.7 Å². The van der Waals surface area contributed by atoms with Crippen molar-refractivity contribution in [3.05, 3.63) is 68.3 Å². The number of unbranched alkanes of at least 4 members (excludes halogenated alkanes) is 2. The van der Waals surface area contributed by atoms with Gasteiger partial charge in [-0.2, -0.15) is 0 Å². The van der Waals surface area contributed by atoms with Crippen LogP contribution >= 0.6 is 45.9 Å². The van der Waals surface area contributed by atoms with Crippen LogP contribution in [0.15, 0.2) is 47.2 Å². The monoisotopic (exact) mass is 472 g/mol. The molecule has 4 rings (SSSR count). The van der Waals surface area contributed by atoms with Gasteiger partial charge in [0.1, 0.15) is 0 Å². The second-order valence-corrected chi connectivity index (χ2v) is 10.3. The maximum absolute atomic E-state index is 6.94. The standard InChI is InChI=1S/C26H26Cl2S2/c1-3-5-7-17-13-15-29-25(17)21-11-9-20-19(23(21)27)10-12-22(24(20)28)26-18(8-6-4-2)14-16-30-26/h9-16H,3-8H2,1-2H3. The van der Waals surface area contributed by atoms with Crippen molar-refractivity contribution >= 4 is 56.6 Å². The predicted molar refractivity (Wildman–Crippen MR) is 138 cm³/mol. The van der Waals surface area contributed by atoms with E-state index in [4.69, 9.17) is 23.2 Å². The normalized spacial score (nSPS) is 11.5. The van der Waals surface area contributed by atoms with Gasteiger partial charge in [-0.3, -0.25) is 0 Å². The highest BCUT2D eigenvalue weighted by Crippen LogP contribution is 2.44. The zero-order valence-electron chi connectivity index (χ0n) is 17.4. The van der Waals surface area contributed by atoms with Crippen LogP contribution in [0.4, 0.5) is 0 Å². The van der Waals surface area contributed by atoms with Crippen molar-refractivity contribution in [3.63, 3.8) is 0 Å². The second kappa shape index (κ2) is 9.87. The van der Waals surface area contributed by atoms with Gasteiger partial charge in [0, 0.05) is 31.7 Å². The van der Waals surface area contributed by atoms with Crippen LogP contribution in [-0.4, -0.2) is 0 Å². The van der Waals surface area contributed by atoms with E-state index in [0.717, 1.165) is 44.8 Å². The van der Waals surface area contributed by atoms with Crippen molar-refractivity contribution in [1.29, 1.82) is 0 Å². The molecule has 0 bridgehead atoms. The first-order chi connectivity index (χ1) is 14.7. The second-order valence-electron chi connectivity index (χ2n) is 7.71. The first-order valence-corrected chi connectivity index (χ1v) is 13.2. The summed E-state index contributed by atoms with van der Waals surface area (Å²) in [7, 11) is 0. The Morgan fingerprint density at radius 2 is 1.07 bits per heavy atom. The molecule has 0 amide bonds. The summed E-state index contributed by atoms with van der Waals surface area (Å²) in [6.07, 6.45) is 6.99. The summed E-state index contributed by atoms with van der Waals surface area (Å²) in [6.45, 7) is 4.46. The highest BCUT2D eigenvalue weighted by Gasteiger charge is 2.17. The molecule has 0 nitrogen and oxygen atoms in total. The van der Waals surface area contributed by atoms with Crippen LogP contribution in [0.3, 0.4) is 0 Å². The van der Waals surface area contributed by atoms with Crippen LogP contribution in [0.5, 0.6) is 0 Å². The van der Waals surface area contributed by atoms with Gasteiger partial charge < -0.3 is 0 Å². The molecule has 0 N–H and O–H groups in total. The highest BCUT2D eigenvalue weighted by molar-refractivity contribution is 7.14. The summed E-state index contributed by atoms with van der Waals surface area (Å²) in [4.78, 5) is 2.58. The van der Waals surface area contributed by atoms with Crippen LogP contribution < -0.4 is 0 Å². The lowest BCUT2D eigenvalue weighted by molar-refractivity contribution is 0.798. The van der Waals surface area contributed by atoms with E-state index in [-0.39, 0.29) is 0 Å². The third kappa shape index (κ3) is 4.21. The molecule has 2 aromatic carbocycles. The van der Waals surface area contributed by atoms with E-state index in [9.17, 15) is 0 Å². The Balaban J connectivity index is 1.78. The summed E-state index contributed by atoms with van der Waals surface area (Å²) >= 11 is 17.4. The molecular weight excluding hydrogens is 447 g/mol. The van der Waals surface area contributed by atoms with Crippen LogP contribution in [0.25, 0.3) is 31.7 Å². The molecule has 0 spiro atoms. The van der Waals surface area contributed by atoms with Gasteiger partial charge in [-0.05, 0) is 59.7 Å². The fourth-order valence-corrected chi connectivity index (χ4v) is 6.69. The van der Waals surface area contributed by atoms with E-state index < -0.39 is 0 Å². The van der Waals surface area contributed by atoms with Gasteiger partial charge in [-0.15, -0.1) is 22.7 Å². The van der Waals surface area contributed by atoms with Gasteiger partial charge in [0.05, 0.1) is 10.0 Å². The molecule has 2 aromatic heterocycles. The number of benzene rings is 2. The zero-order chi connectivity index (χ0) is 21.1. The van der Waals surface area contributed by atoms with E-state index in [2.05, 4.69) is 61.0 Å². The van der Waals surface area contributed by atoms with Gasteiger partial charge in [0.2, 0.25) is 0 Å². The molecule has 4 aromatic rings. The van der Waals surface area contributed by atoms with E-state index in [0.29, 0.717) is 0 Å². The third-order valence-corrected chi connectivity index (χ3v) is 8.45. The third-order valence-electron chi connectivity index (χ3n) is 5.65. The molecule has 0 saturated carbocycles. The Kier molecular flexibility index (Phi) is 7.20. The SMILES string of the molecule is CCCCc1ccsc1-c1ccc2c(Cl)c(-c3sccc3CCCC)ccc2c1Cl. The van der Waals surface area contributed by atoms with E-state index in [1.807, 2.05) is 0 Å². The molecule has 0 atom stereocenters. The fourth-order valence-electron chi connectivity index (χ4n) is 3.96. The lowest BCUT2D eigenvalue weighted by atomic mass is 9.98. The minimum absolute atomic E-state index is 0.804. The molecule has 0 fully saturated rings. The number of thiophene rings is 2. The first-order valence-electron chi connectivity index (χ1n) is 10.7. The molecule has 0 saturated heterocycles. The number of aryl methyl sites for hydroxylation is 2. The predicted octanol–water partition coefficient (Wildman–Crippen LogP) is 10.3. The molecule has 4 heteroatoms. The summed E-state index contributed by atoms with van der Waals surface area (Å²) in [5, 5.41) is 8.02. The minimum Gasteiger partial charge on any atom is -0.143 e. The van der Waals surface area contributed by atoms with Gasteiger partial charge in [-0.1, -0.05) is 74.2 Å². The fraction of sp³-hybridized carbons (Fsp3) is 0.308. The van der Waals surface area contributed by atoms with Crippen LogP contribution in [-0.2, 0) is 12.8 Å². The number of hydrogen-bond donors (Lipinski definition) is 0. The molecule has 0 aliphatic heterocycles. The van der Waals surface area contributed by atoms with Crippen molar-refractivity contribution in [2.24, 2.45) is 0 Å². The topological polar surface area (TPSA) is 0 Å². The minimum atomic E-state index is 0.804. The Labute approximate surface area is 197 Å². The number of rotatable bonds is 8. The van der Waals surface area contributed by atoms with E-state index >= 15 is 0 Å². The zero-order valence-corrected chi connectivity index (χ0v) is 20.6. The van der Waals surface area contributed by atoms with Crippen molar-refractivity contribution in [2.75, 3.05) is 0 Å². The maximum Gasteiger partial charge on any atom is 0.0571 e. The van der Waals surface area contributed by atoms with Gasteiger partial charge in [-0.25, -0.2) is 0 Å². The molecule has 0 aliphatic carbocycles. The summed E-state index contributed by atoms with van der Waals surface area (Å²) in [5.41, 5.74) is 5.03. The molecule has 0 radical (unpaired) electrons. The molecule has 0 unspecified atom stereocenters. The van der Waals surface area contributed by atoms with Crippen LogP contribution in [0.1, 0.15) is 50.7 Å². The van der Waals surface area contributed by atoms with Crippen molar-refractivity contribution in [3.8, 4) is 20.9 Å². The average molecular weight is 474 g/mol. The molecule has 156 valence electrons. The lowest BCUT2D eigenvalue weighted by Gasteiger charge is -2.13. The Hall–Kier alpha value is -1.32. The molecule has 30 heavy (non-hydrogen) atoms. The van der Waals surface area contributed by atoms with Gasteiger partial charge in [0.15, 0.2) is 0 Å². The largest absolute Gasteiger partial charge is 0.143 e. The van der Waals surface area contributed by atoms with Gasteiger partial charge >= 0.3 is 0 Å². The number of halogens is 2. The smallest absolute Gasteiger partial charge is 0.0571 e. The number of fused-ring (bicyclic) bond motifs is 1. The van der Waals surface area contributed by atoms with Crippen LogP contribution in [0.2, 0.25) is 10.0 Å². The summed E-state index contributed by atoms with van der Waals surface area (Å²) in [5.74, 6) is 0. The van der Waals surface area contributed by atoms with Crippen molar-refractivity contribution in [2.45, 2.75) is 52.4 Å². The Morgan fingerprint density at radius 1 is 0.633 bits per heavy atom. The lowest BCUT2D eigenvalue weighted by Crippen LogP contribution is -1.89. The van der Waals surface area contributed by atoms with E-state index in [1.165, 1.54) is 46.6 Å². The number of hydrogen-bond acceptors (Lipinski definition) is 2. The average Bonchev–Trinajstić information content (AvgIpc) is 3.41. The highest BCUT2D eigenvalue weighted by atomic mass is 35.5. The van der Waals surface area contributed by atoms with Crippen molar-refractivity contribution in [1.82, 2.24) is 0 Å².